The lowest BCUT2D eigenvalue weighted by Gasteiger charge is -2.18. The van der Waals surface area contributed by atoms with Crippen LogP contribution in [0.25, 0.3) is 10.8 Å². The Morgan fingerprint density at radius 2 is 1.81 bits per heavy atom. The summed E-state index contributed by atoms with van der Waals surface area (Å²) in [6, 6.07) is 10.3. The molecular weight excluding hydrogens is 366 g/mol. The molecule has 2 aliphatic rings. The number of nitrogens with one attached hydrogen (secondary N) is 2. The third-order valence-electron chi connectivity index (χ3n) is 4.87. The molecule has 27 heavy (non-hydrogen) atoms. The Kier molecular flexibility index (Phi) is 4.35. The molecule has 2 N–H and O–H groups in total. The number of rotatable bonds is 4. The summed E-state index contributed by atoms with van der Waals surface area (Å²) >= 11 is 0. The SMILES string of the molecule is O=C(CC1C=CCC1)NNC(=O)CN1c2cccc3cccc(c23)S1(=O)=O. The van der Waals surface area contributed by atoms with Crippen molar-refractivity contribution in [1.82, 2.24) is 10.9 Å². The molecule has 1 atom stereocenters. The van der Waals surface area contributed by atoms with Gasteiger partial charge in [0.05, 0.1) is 10.6 Å². The van der Waals surface area contributed by atoms with Crippen molar-refractivity contribution in [2.24, 2.45) is 5.92 Å². The third kappa shape index (κ3) is 3.16. The predicted molar refractivity (Wildman–Crippen MR) is 101 cm³/mol. The molecule has 0 saturated carbocycles. The van der Waals surface area contributed by atoms with Crippen molar-refractivity contribution in [2.75, 3.05) is 10.8 Å². The third-order valence-corrected chi connectivity index (χ3v) is 6.67. The lowest BCUT2D eigenvalue weighted by Crippen LogP contribution is -2.47. The van der Waals surface area contributed by atoms with Crippen LogP contribution in [0.1, 0.15) is 19.3 Å². The fraction of sp³-hybridized carbons (Fsp3) is 0.263. The molecule has 4 rings (SSSR count). The normalized spacial score (nSPS) is 19.4. The number of hydrogen-bond donors (Lipinski definition) is 2. The van der Waals surface area contributed by atoms with E-state index in [2.05, 4.69) is 10.9 Å². The molecule has 0 fully saturated rings. The topological polar surface area (TPSA) is 95.6 Å². The summed E-state index contributed by atoms with van der Waals surface area (Å²) < 4.78 is 26.7. The number of anilines is 1. The molecular formula is C19H19N3O4S. The zero-order valence-electron chi connectivity index (χ0n) is 14.5. The van der Waals surface area contributed by atoms with E-state index in [4.69, 9.17) is 0 Å². The minimum absolute atomic E-state index is 0.188. The van der Waals surface area contributed by atoms with Crippen LogP contribution >= 0.6 is 0 Å². The van der Waals surface area contributed by atoms with Gasteiger partial charge in [-0.1, -0.05) is 36.4 Å². The van der Waals surface area contributed by atoms with Gasteiger partial charge >= 0.3 is 0 Å². The second-order valence-electron chi connectivity index (χ2n) is 6.71. The lowest BCUT2D eigenvalue weighted by molar-refractivity contribution is -0.128. The van der Waals surface area contributed by atoms with E-state index in [-0.39, 0.29) is 16.7 Å². The highest BCUT2D eigenvalue weighted by molar-refractivity contribution is 7.93. The highest BCUT2D eigenvalue weighted by Crippen LogP contribution is 2.41. The van der Waals surface area contributed by atoms with Gasteiger partial charge in [-0.05, 0) is 36.3 Å². The van der Waals surface area contributed by atoms with Crippen LogP contribution in [-0.4, -0.2) is 26.8 Å². The maximum absolute atomic E-state index is 12.8. The fourth-order valence-electron chi connectivity index (χ4n) is 3.59. The molecule has 0 bridgehead atoms. The number of carbonyl (C=O) groups excluding carboxylic acids is 2. The lowest BCUT2D eigenvalue weighted by atomic mass is 10.1. The van der Waals surface area contributed by atoms with Crippen LogP contribution in [0.15, 0.2) is 53.4 Å². The number of hydrazine groups is 1. The Morgan fingerprint density at radius 3 is 2.56 bits per heavy atom. The molecule has 7 nitrogen and oxygen atoms in total. The van der Waals surface area contributed by atoms with Crippen LogP contribution in [0.2, 0.25) is 0 Å². The van der Waals surface area contributed by atoms with Crippen molar-refractivity contribution in [3.05, 3.63) is 48.6 Å². The van der Waals surface area contributed by atoms with E-state index in [0.717, 1.165) is 22.5 Å². The Bertz CT molecular complexity index is 1060. The van der Waals surface area contributed by atoms with Gasteiger partial charge < -0.3 is 0 Å². The number of hydrogen-bond acceptors (Lipinski definition) is 4. The molecule has 140 valence electrons. The van der Waals surface area contributed by atoms with Crippen molar-refractivity contribution >= 4 is 38.3 Å². The predicted octanol–water partition coefficient (Wildman–Crippen LogP) is 1.85. The summed E-state index contributed by atoms with van der Waals surface area (Å²) in [4.78, 5) is 24.4. The molecule has 1 aliphatic heterocycles. The molecule has 1 unspecified atom stereocenters. The van der Waals surface area contributed by atoms with Crippen LogP contribution < -0.4 is 15.2 Å². The maximum Gasteiger partial charge on any atom is 0.265 e. The van der Waals surface area contributed by atoms with Gasteiger partial charge in [-0.3, -0.25) is 24.7 Å². The number of nitrogens with zero attached hydrogens (tertiary/aromatic N) is 1. The monoisotopic (exact) mass is 385 g/mol. The molecule has 2 aromatic carbocycles. The first kappa shape index (κ1) is 17.5. The highest BCUT2D eigenvalue weighted by Gasteiger charge is 2.36. The molecule has 0 spiro atoms. The zero-order chi connectivity index (χ0) is 19.0. The number of benzene rings is 2. The number of sulfonamides is 1. The van der Waals surface area contributed by atoms with Crippen molar-refractivity contribution in [2.45, 2.75) is 24.2 Å². The first-order valence-electron chi connectivity index (χ1n) is 8.75. The van der Waals surface area contributed by atoms with Gasteiger partial charge in [-0.15, -0.1) is 0 Å². The van der Waals surface area contributed by atoms with Gasteiger partial charge in [0.15, 0.2) is 0 Å². The van der Waals surface area contributed by atoms with E-state index < -0.39 is 22.5 Å². The second-order valence-corrected chi connectivity index (χ2v) is 8.54. The van der Waals surface area contributed by atoms with Crippen LogP contribution in [0.3, 0.4) is 0 Å². The standard InChI is InChI=1S/C19H19N3O4S/c23-17(11-13-5-1-2-6-13)20-21-18(24)12-22-15-9-3-7-14-8-4-10-16(19(14)15)27(22,25)26/h1,3-5,7-10,13H,2,6,11-12H2,(H,20,23)(H,21,24). The quantitative estimate of drug-likeness (QED) is 0.620. The fourth-order valence-corrected chi connectivity index (χ4v) is 5.26. The first-order valence-corrected chi connectivity index (χ1v) is 10.2. The van der Waals surface area contributed by atoms with E-state index in [1.54, 1.807) is 18.2 Å². The summed E-state index contributed by atoms with van der Waals surface area (Å²) in [6.07, 6.45) is 6.21. The van der Waals surface area contributed by atoms with E-state index in [9.17, 15) is 18.0 Å². The average Bonchev–Trinajstić information content (AvgIpc) is 3.22. The Hall–Kier alpha value is -2.87. The molecule has 2 aromatic rings. The Labute approximate surface area is 157 Å². The molecule has 1 aliphatic carbocycles. The molecule has 0 saturated heterocycles. The van der Waals surface area contributed by atoms with Crippen LogP contribution in [-0.2, 0) is 19.6 Å². The van der Waals surface area contributed by atoms with Crippen LogP contribution in [0.4, 0.5) is 5.69 Å². The maximum atomic E-state index is 12.8. The molecule has 2 amide bonds. The summed E-state index contributed by atoms with van der Waals surface area (Å²) in [5.41, 5.74) is 5.15. The summed E-state index contributed by atoms with van der Waals surface area (Å²) in [5, 5.41) is 1.42. The van der Waals surface area contributed by atoms with Gasteiger partial charge in [-0.2, -0.15) is 0 Å². The molecule has 8 heteroatoms. The molecule has 0 radical (unpaired) electrons. The van der Waals surface area contributed by atoms with E-state index in [0.29, 0.717) is 17.5 Å². The molecule has 0 aromatic heterocycles. The van der Waals surface area contributed by atoms with Crippen LogP contribution in [0.5, 0.6) is 0 Å². The van der Waals surface area contributed by atoms with Gasteiger partial charge in [0.2, 0.25) is 5.91 Å². The average molecular weight is 385 g/mol. The highest BCUT2D eigenvalue weighted by atomic mass is 32.2. The van der Waals surface area contributed by atoms with Gasteiger partial charge in [0, 0.05) is 11.8 Å². The second kappa shape index (κ2) is 6.70. The smallest absolute Gasteiger partial charge is 0.265 e. The number of allylic oxidation sites excluding steroid dienone is 2. The van der Waals surface area contributed by atoms with Gasteiger partial charge in [0.1, 0.15) is 6.54 Å². The number of amides is 2. The minimum Gasteiger partial charge on any atom is -0.273 e. The van der Waals surface area contributed by atoms with Gasteiger partial charge in [0.25, 0.3) is 15.9 Å². The molecule has 1 heterocycles. The summed E-state index contributed by atoms with van der Waals surface area (Å²) in [6.45, 7) is -0.403. The van der Waals surface area contributed by atoms with E-state index in [1.807, 2.05) is 24.3 Å². The Balaban J connectivity index is 1.45. The van der Waals surface area contributed by atoms with E-state index in [1.165, 1.54) is 6.07 Å². The van der Waals surface area contributed by atoms with Crippen LogP contribution in [0, 0.1) is 5.92 Å². The minimum atomic E-state index is -3.80. The largest absolute Gasteiger partial charge is 0.273 e. The number of carbonyl (C=O) groups is 2. The van der Waals surface area contributed by atoms with Gasteiger partial charge in [-0.25, -0.2) is 8.42 Å². The van der Waals surface area contributed by atoms with Crippen molar-refractivity contribution < 1.29 is 18.0 Å². The van der Waals surface area contributed by atoms with E-state index >= 15 is 0 Å². The Morgan fingerprint density at radius 1 is 1.07 bits per heavy atom. The first-order chi connectivity index (χ1) is 13.0. The van der Waals surface area contributed by atoms with Crippen molar-refractivity contribution in [3.63, 3.8) is 0 Å². The van der Waals surface area contributed by atoms with Crippen molar-refractivity contribution in [3.8, 4) is 0 Å². The summed E-state index contributed by atoms with van der Waals surface area (Å²) in [5.74, 6) is -0.707. The zero-order valence-corrected chi connectivity index (χ0v) is 15.3. The van der Waals surface area contributed by atoms with Crippen molar-refractivity contribution in [1.29, 1.82) is 0 Å². The summed E-state index contributed by atoms with van der Waals surface area (Å²) in [7, 11) is -3.80.